The number of ether oxygens (including phenoxy) is 1. The average molecular weight is 509 g/mol. The highest BCUT2D eigenvalue weighted by atomic mass is 35.5. The zero-order valence-electron chi connectivity index (χ0n) is 19.8. The zero-order valence-corrected chi connectivity index (χ0v) is 20.6. The summed E-state index contributed by atoms with van der Waals surface area (Å²) in [6.45, 7) is 0. The Bertz CT molecular complexity index is 1510. The molecule has 1 fully saturated rings. The number of furan rings is 1. The van der Waals surface area contributed by atoms with Gasteiger partial charge in [0.15, 0.2) is 0 Å². The Morgan fingerprint density at radius 3 is 1.95 bits per heavy atom. The molecule has 0 spiro atoms. The lowest BCUT2D eigenvalue weighted by Gasteiger charge is -2.45. The van der Waals surface area contributed by atoms with Crippen LogP contribution in [-0.2, 0) is 9.59 Å². The molecule has 8 rings (SSSR count). The number of hydrogen-bond acceptors (Lipinski definition) is 5. The van der Waals surface area contributed by atoms with E-state index in [9.17, 15) is 9.59 Å². The molecule has 3 aromatic carbocycles. The molecule has 2 heterocycles. The molecule has 182 valence electrons. The number of halogens is 1. The summed E-state index contributed by atoms with van der Waals surface area (Å²) in [6, 6.07) is 25.1. The molecule has 3 aliphatic carbocycles. The summed E-state index contributed by atoms with van der Waals surface area (Å²) < 4.78 is 11.4. The van der Waals surface area contributed by atoms with Crippen LogP contribution in [0.15, 0.2) is 88.4 Å². The van der Waals surface area contributed by atoms with E-state index >= 15 is 0 Å². The Morgan fingerprint density at radius 2 is 1.41 bits per heavy atom. The van der Waals surface area contributed by atoms with Crippen LogP contribution in [-0.4, -0.2) is 30.1 Å². The molecule has 4 aliphatic rings. The normalized spacial score (nSPS) is 23.4. The van der Waals surface area contributed by atoms with Gasteiger partial charge in [0.2, 0.25) is 0 Å². The first-order valence-electron chi connectivity index (χ1n) is 12.1. The molecule has 2 bridgehead atoms. The second kappa shape index (κ2) is 8.18. The van der Waals surface area contributed by atoms with E-state index in [0.717, 1.165) is 27.3 Å². The van der Waals surface area contributed by atoms with Crippen LogP contribution in [0, 0.1) is 11.8 Å². The molecule has 1 saturated heterocycles. The first-order valence-corrected chi connectivity index (χ1v) is 12.5. The molecule has 0 N–H and O–H groups in total. The maximum absolute atomic E-state index is 13.7. The van der Waals surface area contributed by atoms with E-state index in [4.69, 9.17) is 20.8 Å². The number of rotatable bonds is 4. The summed E-state index contributed by atoms with van der Waals surface area (Å²) >= 11 is 6.16. The van der Waals surface area contributed by atoms with Gasteiger partial charge in [0.1, 0.15) is 17.3 Å². The van der Waals surface area contributed by atoms with Gasteiger partial charge in [0, 0.05) is 16.9 Å². The van der Waals surface area contributed by atoms with E-state index in [1.54, 1.807) is 37.4 Å². The van der Waals surface area contributed by atoms with Crippen molar-refractivity contribution in [2.45, 2.75) is 11.8 Å². The van der Waals surface area contributed by atoms with Gasteiger partial charge in [0.25, 0.3) is 11.8 Å². The predicted molar refractivity (Wildman–Crippen MR) is 139 cm³/mol. The highest BCUT2D eigenvalue weighted by molar-refractivity contribution is 6.31. The van der Waals surface area contributed by atoms with Gasteiger partial charge in [-0.15, -0.1) is 0 Å². The number of hydrazone groups is 1. The second-order valence-corrected chi connectivity index (χ2v) is 9.98. The highest BCUT2D eigenvalue weighted by Crippen LogP contribution is 2.60. The third-order valence-corrected chi connectivity index (χ3v) is 8.01. The lowest BCUT2D eigenvalue weighted by molar-refractivity contribution is -0.139. The van der Waals surface area contributed by atoms with Crippen molar-refractivity contribution < 1.29 is 18.7 Å². The summed E-state index contributed by atoms with van der Waals surface area (Å²) in [5.74, 6) is -0.244. The number of methoxy groups -OCH3 is 1. The smallest absolute Gasteiger partial charge is 0.254 e. The first kappa shape index (κ1) is 22.1. The fraction of sp³-hybridized carbons (Fsp3) is 0.167. The molecule has 2 amide bonds. The Balaban J connectivity index is 1.23. The van der Waals surface area contributed by atoms with Gasteiger partial charge >= 0.3 is 0 Å². The molecule has 0 saturated carbocycles. The van der Waals surface area contributed by atoms with Crippen LogP contribution in [0.4, 0.5) is 0 Å². The van der Waals surface area contributed by atoms with Gasteiger partial charge in [0.05, 0.1) is 30.7 Å². The fourth-order valence-corrected chi connectivity index (χ4v) is 6.50. The maximum atomic E-state index is 13.7. The second-order valence-electron chi connectivity index (χ2n) is 9.54. The maximum Gasteiger partial charge on any atom is 0.254 e. The third-order valence-electron chi connectivity index (χ3n) is 7.78. The number of benzene rings is 3. The highest BCUT2D eigenvalue weighted by Gasteiger charge is 2.61. The Hall–Kier alpha value is -4.16. The number of carbonyl (C=O) groups excluding carboxylic acids is 2. The van der Waals surface area contributed by atoms with Gasteiger partial charge in [-0.3, -0.25) is 9.59 Å². The van der Waals surface area contributed by atoms with Crippen molar-refractivity contribution in [2.24, 2.45) is 16.9 Å². The summed E-state index contributed by atoms with van der Waals surface area (Å²) in [4.78, 5) is 27.3. The summed E-state index contributed by atoms with van der Waals surface area (Å²) in [6.07, 6.45) is 1.41. The van der Waals surface area contributed by atoms with Gasteiger partial charge in [-0.05, 0) is 52.6 Å². The van der Waals surface area contributed by atoms with Crippen LogP contribution < -0.4 is 4.74 Å². The van der Waals surface area contributed by atoms with E-state index in [1.807, 2.05) is 24.3 Å². The predicted octanol–water partition coefficient (Wildman–Crippen LogP) is 5.83. The average Bonchev–Trinajstić information content (AvgIpc) is 3.50. The van der Waals surface area contributed by atoms with Crippen LogP contribution in [0.2, 0.25) is 5.02 Å². The van der Waals surface area contributed by atoms with E-state index < -0.39 is 11.8 Å². The minimum Gasteiger partial charge on any atom is -0.496 e. The third kappa shape index (κ3) is 3.15. The van der Waals surface area contributed by atoms with Crippen molar-refractivity contribution in [2.75, 3.05) is 7.11 Å². The van der Waals surface area contributed by atoms with Crippen molar-refractivity contribution >= 4 is 29.6 Å². The van der Waals surface area contributed by atoms with Crippen LogP contribution in [0.1, 0.15) is 39.8 Å². The number of amides is 2. The Labute approximate surface area is 218 Å². The lowest BCUT2D eigenvalue weighted by Crippen LogP contribution is -2.41. The molecule has 2 atom stereocenters. The van der Waals surface area contributed by atoms with Crippen molar-refractivity contribution in [1.29, 1.82) is 0 Å². The monoisotopic (exact) mass is 508 g/mol. The van der Waals surface area contributed by atoms with Crippen molar-refractivity contribution in [1.82, 2.24) is 5.01 Å². The molecule has 37 heavy (non-hydrogen) atoms. The van der Waals surface area contributed by atoms with Crippen LogP contribution in [0.3, 0.4) is 0 Å². The Morgan fingerprint density at radius 1 is 0.838 bits per heavy atom. The molecule has 2 unspecified atom stereocenters. The molecular formula is C30H21ClN2O4. The quantitative estimate of drug-likeness (QED) is 0.257. The largest absolute Gasteiger partial charge is 0.496 e. The molecule has 0 radical (unpaired) electrons. The molecule has 1 aliphatic heterocycles. The van der Waals surface area contributed by atoms with E-state index in [1.165, 1.54) is 6.21 Å². The summed E-state index contributed by atoms with van der Waals surface area (Å²) in [5.41, 5.74) is 5.22. The minimum atomic E-state index is -0.470. The Kier molecular flexibility index (Phi) is 4.88. The van der Waals surface area contributed by atoms with Crippen LogP contribution >= 0.6 is 11.6 Å². The molecule has 4 aromatic rings. The number of hydrogen-bond donors (Lipinski definition) is 0. The van der Waals surface area contributed by atoms with Gasteiger partial charge in [-0.1, -0.05) is 60.1 Å². The number of nitrogens with zero attached hydrogens (tertiary/aromatic N) is 2. The van der Waals surface area contributed by atoms with Gasteiger partial charge < -0.3 is 9.15 Å². The molecule has 6 nitrogen and oxygen atoms in total. The topological polar surface area (TPSA) is 72.1 Å². The zero-order chi connectivity index (χ0) is 25.3. The van der Waals surface area contributed by atoms with Crippen molar-refractivity contribution in [3.63, 3.8) is 0 Å². The van der Waals surface area contributed by atoms with E-state index in [0.29, 0.717) is 27.9 Å². The fourth-order valence-electron chi connectivity index (χ4n) is 6.33. The summed E-state index contributed by atoms with van der Waals surface area (Å²) in [5, 5.41) is 5.92. The van der Waals surface area contributed by atoms with E-state index in [-0.39, 0.29) is 23.7 Å². The summed E-state index contributed by atoms with van der Waals surface area (Å²) in [7, 11) is 1.58. The van der Waals surface area contributed by atoms with Crippen LogP contribution in [0.5, 0.6) is 5.75 Å². The van der Waals surface area contributed by atoms with Crippen molar-refractivity contribution in [3.8, 4) is 17.1 Å². The molecule has 7 heteroatoms. The minimum absolute atomic E-state index is 0.162. The van der Waals surface area contributed by atoms with E-state index in [2.05, 4.69) is 29.4 Å². The number of carbonyl (C=O) groups is 2. The van der Waals surface area contributed by atoms with Crippen LogP contribution in [0.25, 0.3) is 11.3 Å². The van der Waals surface area contributed by atoms with Crippen molar-refractivity contribution in [3.05, 3.63) is 112 Å². The standard InChI is InChI=1S/C30H21ClN2O4/c1-36-23-12-10-16(31)14-22(23)24-13-11-17(37-24)15-32-33-29(34)27-25-18-6-2-3-7-19(18)26(28(27)30(33)35)21-9-5-4-8-20(21)25/h2-15,25-28H,1H3. The lowest BCUT2D eigenvalue weighted by atomic mass is 9.55. The molecular weight excluding hydrogens is 488 g/mol. The first-order chi connectivity index (χ1) is 18.1. The number of imide groups is 1. The van der Waals surface area contributed by atoms with Gasteiger partial charge in [-0.25, -0.2) is 0 Å². The molecule has 1 aromatic heterocycles. The SMILES string of the molecule is COc1ccc(Cl)cc1-c1ccc(C=NN2C(=O)C3C4c5ccccc5C(c5ccccc54)C3C2=O)o1. The van der Waals surface area contributed by atoms with Gasteiger partial charge in [-0.2, -0.15) is 10.1 Å².